The second-order valence-corrected chi connectivity index (χ2v) is 7.09. The summed E-state index contributed by atoms with van der Waals surface area (Å²) in [7, 11) is 3.83. The van der Waals surface area contributed by atoms with Gasteiger partial charge in [-0.1, -0.05) is 11.6 Å². The molecule has 0 atom stereocenters. The number of aromatic nitrogens is 2. The zero-order valence-electron chi connectivity index (χ0n) is 17.3. The summed E-state index contributed by atoms with van der Waals surface area (Å²) in [4.78, 5) is 13.0. The van der Waals surface area contributed by atoms with Crippen molar-refractivity contribution in [2.24, 2.45) is 5.10 Å². The van der Waals surface area contributed by atoms with E-state index in [9.17, 15) is 0 Å². The maximum atomic E-state index is 5.99. The van der Waals surface area contributed by atoms with Crippen molar-refractivity contribution in [1.82, 2.24) is 14.9 Å². The van der Waals surface area contributed by atoms with Crippen LogP contribution in [0.3, 0.4) is 0 Å². The van der Waals surface area contributed by atoms with Crippen LogP contribution in [0, 0.1) is 6.92 Å². The Morgan fingerprint density at radius 2 is 2.07 bits per heavy atom. The van der Waals surface area contributed by atoms with Gasteiger partial charge in [0, 0.05) is 51.0 Å². The van der Waals surface area contributed by atoms with Crippen LogP contribution in [0.15, 0.2) is 29.4 Å². The smallest absolute Gasteiger partial charge is 0.320 e. The van der Waals surface area contributed by atoms with E-state index in [-0.39, 0.29) is 0 Å². The first-order valence-electron chi connectivity index (χ1n) is 9.66. The molecule has 1 aliphatic rings. The molecule has 9 nitrogen and oxygen atoms in total. The predicted octanol–water partition coefficient (Wildman–Crippen LogP) is 1.59. The van der Waals surface area contributed by atoms with Crippen LogP contribution >= 0.6 is 0 Å². The minimum Gasteiger partial charge on any atom is -0.462 e. The average Bonchev–Trinajstić information content (AvgIpc) is 2.71. The molecule has 1 aromatic heterocycles. The van der Waals surface area contributed by atoms with Gasteiger partial charge in [-0.15, -0.1) is 0 Å². The molecule has 3 rings (SSSR count). The van der Waals surface area contributed by atoms with Crippen molar-refractivity contribution in [2.45, 2.75) is 6.92 Å². The molecule has 0 unspecified atom stereocenters. The van der Waals surface area contributed by atoms with Crippen molar-refractivity contribution < 1.29 is 9.47 Å². The average molecular weight is 399 g/mol. The van der Waals surface area contributed by atoms with Gasteiger partial charge in [0.25, 0.3) is 0 Å². The van der Waals surface area contributed by atoms with Crippen molar-refractivity contribution in [2.75, 3.05) is 69.6 Å². The molecular weight excluding hydrogens is 370 g/mol. The van der Waals surface area contributed by atoms with Crippen molar-refractivity contribution in [1.29, 1.82) is 0 Å². The summed E-state index contributed by atoms with van der Waals surface area (Å²) >= 11 is 0. The second-order valence-electron chi connectivity index (χ2n) is 7.09. The van der Waals surface area contributed by atoms with Crippen LogP contribution in [-0.2, 0) is 4.74 Å². The summed E-state index contributed by atoms with van der Waals surface area (Å²) in [6.45, 7) is 6.72. The second kappa shape index (κ2) is 10.0. The van der Waals surface area contributed by atoms with Crippen molar-refractivity contribution >= 4 is 23.5 Å². The molecule has 1 aromatic carbocycles. The van der Waals surface area contributed by atoms with Gasteiger partial charge in [0.2, 0.25) is 0 Å². The van der Waals surface area contributed by atoms with Gasteiger partial charge in [0.1, 0.15) is 12.4 Å². The van der Waals surface area contributed by atoms with E-state index in [0.717, 1.165) is 49.8 Å². The van der Waals surface area contributed by atoms with Gasteiger partial charge in [0.05, 0.1) is 19.4 Å². The zero-order chi connectivity index (χ0) is 20.6. The summed E-state index contributed by atoms with van der Waals surface area (Å²) in [5, 5.41) is 4.27. The van der Waals surface area contributed by atoms with E-state index >= 15 is 0 Å². The Morgan fingerprint density at radius 3 is 2.83 bits per heavy atom. The van der Waals surface area contributed by atoms with E-state index < -0.39 is 0 Å². The SMILES string of the molecule is Cc1ccc(N)c(C=NNc2cc(N(C)C)nc(OCCN3CCOCC3)n2)c1. The third-order valence-corrected chi connectivity index (χ3v) is 4.52. The zero-order valence-corrected chi connectivity index (χ0v) is 17.3. The third kappa shape index (κ3) is 6.30. The first-order chi connectivity index (χ1) is 14.0. The minimum atomic E-state index is 0.317. The lowest BCUT2D eigenvalue weighted by Crippen LogP contribution is -2.38. The number of nitrogens with two attached hydrogens (primary N) is 1. The van der Waals surface area contributed by atoms with Crippen molar-refractivity contribution in [3.63, 3.8) is 0 Å². The van der Waals surface area contributed by atoms with E-state index in [1.165, 1.54) is 0 Å². The summed E-state index contributed by atoms with van der Waals surface area (Å²) in [5.41, 5.74) is 11.6. The molecule has 1 saturated heterocycles. The number of hydrogen-bond acceptors (Lipinski definition) is 9. The van der Waals surface area contributed by atoms with E-state index in [2.05, 4.69) is 25.4 Å². The number of aryl methyl sites for hydroxylation is 1. The molecule has 9 heteroatoms. The van der Waals surface area contributed by atoms with Gasteiger partial charge >= 0.3 is 6.01 Å². The monoisotopic (exact) mass is 399 g/mol. The van der Waals surface area contributed by atoms with Gasteiger partial charge in [-0.05, 0) is 19.1 Å². The fraction of sp³-hybridized carbons (Fsp3) is 0.450. The lowest BCUT2D eigenvalue weighted by atomic mass is 10.1. The van der Waals surface area contributed by atoms with Crippen LogP contribution < -0.4 is 20.8 Å². The number of anilines is 3. The highest BCUT2D eigenvalue weighted by atomic mass is 16.5. The van der Waals surface area contributed by atoms with Crippen LogP contribution in [0.1, 0.15) is 11.1 Å². The van der Waals surface area contributed by atoms with Gasteiger partial charge in [-0.2, -0.15) is 15.1 Å². The molecule has 0 saturated carbocycles. The third-order valence-electron chi connectivity index (χ3n) is 4.52. The van der Waals surface area contributed by atoms with Crippen molar-refractivity contribution in [3.05, 3.63) is 35.4 Å². The van der Waals surface area contributed by atoms with E-state index in [1.807, 2.05) is 50.2 Å². The normalized spacial score (nSPS) is 14.9. The maximum absolute atomic E-state index is 5.99. The lowest BCUT2D eigenvalue weighted by molar-refractivity contribution is 0.0317. The molecule has 1 aliphatic heterocycles. The number of rotatable bonds is 8. The molecule has 2 heterocycles. The molecular formula is C20H29N7O2. The van der Waals surface area contributed by atoms with Gasteiger partial charge in [-0.25, -0.2) is 0 Å². The molecule has 0 bridgehead atoms. The van der Waals surface area contributed by atoms with Crippen LogP contribution in [0.5, 0.6) is 6.01 Å². The molecule has 2 aromatic rings. The number of nitrogens with zero attached hydrogens (tertiary/aromatic N) is 5. The Balaban J connectivity index is 1.64. The summed E-state index contributed by atoms with van der Waals surface area (Å²) in [5.74, 6) is 1.28. The summed E-state index contributed by atoms with van der Waals surface area (Å²) in [6, 6.07) is 7.94. The fourth-order valence-electron chi connectivity index (χ4n) is 2.83. The van der Waals surface area contributed by atoms with Crippen LogP contribution in [-0.4, -0.2) is 74.6 Å². The minimum absolute atomic E-state index is 0.317. The number of nitrogen functional groups attached to an aromatic ring is 1. The van der Waals surface area contributed by atoms with Gasteiger partial charge in [-0.3, -0.25) is 10.3 Å². The maximum Gasteiger partial charge on any atom is 0.320 e. The number of hydrogen-bond donors (Lipinski definition) is 2. The Hall–Kier alpha value is -2.91. The van der Waals surface area contributed by atoms with Crippen molar-refractivity contribution in [3.8, 4) is 6.01 Å². The molecule has 1 fully saturated rings. The topological polar surface area (TPSA) is 101 Å². The number of ether oxygens (including phenoxy) is 2. The van der Waals surface area contributed by atoms with Gasteiger partial charge in [0.15, 0.2) is 5.82 Å². The van der Waals surface area contributed by atoms with Crippen LogP contribution in [0.2, 0.25) is 0 Å². The first kappa shape index (κ1) is 20.8. The number of benzene rings is 1. The highest BCUT2D eigenvalue weighted by Crippen LogP contribution is 2.18. The quantitative estimate of drug-likeness (QED) is 0.392. The Bertz CT molecular complexity index is 836. The fourth-order valence-corrected chi connectivity index (χ4v) is 2.83. The molecule has 3 N–H and O–H groups in total. The summed E-state index contributed by atoms with van der Waals surface area (Å²) < 4.78 is 11.2. The molecule has 0 radical (unpaired) electrons. The van der Waals surface area contributed by atoms with E-state index in [1.54, 1.807) is 6.21 Å². The van der Waals surface area contributed by atoms with E-state index in [0.29, 0.717) is 24.1 Å². The lowest BCUT2D eigenvalue weighted by Gasteiger charge is -2.26. The Kier molecular flexibility index (Phi) is 7.20. The Morgan fingerprint density at radius 1 is 1.28 bits per heavy atom. The largest absolute Gasteiger partial charge is 0.462 e. The Labute approximate surface area is 171 Å². The molecule has 0 amide bonds. The van der Waals surface area contributed by atoms with E-state index in [4.69, 9.17) is 15.2 Å². The summed E-state index contributed by atoms with van der Waals surface area (Å²) in [6.07, 6.45) is 1.68. The highest BCUT2D eigenvalue weighted by Gasteiger charge is 2.11. The number of hydrazone groups is 1. The predicted molar refractivity (Wildman–Crippen MR) is 116 cm³/mol. The van der Waals surface area contributed by atoms with Gasteiger partial charge < -0.3 is 20.1 Å². The molecule has 156 valence electrons. The molecule has 29 heavy (non-hydrogen) atoms. The highest BCUT2D eigenvalue weighted by molar-refractivity contribution is 5.87. The number of morpholine rings is 1. The first-order valence-corrected chi connectivity index (χ1v) is 9.66. The van der Waals surface area contributed by atoms with Crippen LogP contribution in [0.25, 0.3) is 0 Å². The molecule has 0 aliphatic carbocycles. The number of nitrogens with one attached hydrogen (secondary N) is 1. The standard InChI is InChI=1S/C20H29N7O2/c1-15-4-5-17(21)16(12-15)14-22-25-18-13-19(26(2)3)24-20(23-18)29-11-8-27-6-9-28-10-7-27/h4-5,12-14H,6-11,21H2,1-3H3,(H,23,24,25). The van der Waals surface area contributed by atoms with Crippen LogP contribution in [0.4, 0.5) is 17.3 Å². The molecule has 0 spiro atoms.